The number of carboxylic acid groups (broad SMARTS) is 1. The van der Waals surface area contributed by atoms with Gasteiger partial charge in [0, 0.05) is 19.6 Å². The number of hydrogen-bond donors (Lipinski definition) is 2. The Kier molecular flexibility index (Phi) is 4.09. The summed E-state index contributed by atoms with van der Waals surface area (Å²) in [6.07, 6.45) is 3.87. The second-order valence-electron chi connectivity index (χ2n) is 5.47. The fourth-order valence-electron chi connectivity index (χ4n) is 2.75. The maximum Gasteiger partial charge on any atom is 0.317 e. The van der Waals surface area contributed by atoms with Gasteiger partial charge in [0.2, 0.25) is 0 Å². The maximum atomic E-state index is 11.9. The SMILES string of the molecule is CC[C@@H]1C[C@H]1CNC(=O)N1CCCC(C(=O)O)C1. The number of amides is 2. The van der Waals surface area contributed by atoms with E-state index in [1.54, 1.807) is 4.90 Å². The topological polar surface area (TPSA) is 69.6 Å². The Balaban J connectivity index is 1.73. The molecule has 0 spiro atoms. The van der Waals surface area contributed by atoms with Crippen LogP contribution in [0.5, 0.6) is 0 Å². The van der Waals surface area contributed by atoms with Crippen molar-refractivity contribution in [2.45, 2.75) is 32.6 Å². The summed E-state index contributed by atoms with van der Waals surface area (Å²) in [5.41, 5.74) is 0. The van der Waals surface area contributed by atoms with Crippen LogP contribution in [0.4, 0.5) is 4.79 Å². The highest BCUT2D eigenvalue weighted by Crippen LogP contribution is 2.40. The molecule has 5 heteroatoms. The zero-order valence-corrected chi connectivity index (χ0v) is 10.9. The highest BCUT2D eigenvalue weighted by molar-refractivity contribution is 5.76. The Bertz CT molecular complexity index is 332. The van der Waals surface area contributed by atoms with Crippen LogP contribution in [0.2, 0.25) is 0 Å². The van der Waals surface area contributed by atoms with Crippen molar-refractivity contribution in [2.75, 3.05) is 19.6 Å². The molecule has 1 aliphatic heterocycles. The summed E-state index contributed by atoms with van der Waals surface area (Å²) in [5.74, 6) is 0.229. The lowest BCUT2D eigenvalue weighted by Gasteiger charge is -2.30. The predicted octanol–water partition coefficient (Wildman–Crippen LogP) is 1.54. The monoisotopic (exact) mass is 254 g/mol. The van der Waals surface area contributed by atoms with E-state index in [1.807, 2.05) is 0 Å². The molecule has 1 unspecified atom stereocenters. The van der Waals surface area contributed by atoms with Gasteiger partial charge in [-0.05, 0) is 31.1 Å². The normalized spacial score (nSPS) is 30.9. The minimum absolute atomic E-state index is 0.0947. The van der Waals surface area contributed by atoms with Crippen molar-refractivity contribution >= 4 is 12.0 Å². The molecule has 5 nitrogen and oxygen atoms in total. The van der Waals surface area contributed by atoms with Gasteiger partial charge in [-0.2, -0.15) is 0 Å². The molecule has 0 radical (unpaired) electrons. The van der Waals surface area contributed by atoms with E-state index in [-0.39, 0.29) is 6.03 Å². The van der Waals surface area contributed by atoms with Crippen molar-refractivity contribution in [3.63, 3.8) is 0 Å². The van der Waals surface area contributed by atoms with Gasteiger partial charge in [-0.3, -0.25) is 4.79 Å². The number of rotatable bonds is 4. The Hall–Kier alpha value is -1.26. The van der Waals surface area contributed by atoms with Crippen LogP contribution in [0, 0.1) is 17.8 Å². The van der Waals surface area contributed by atoms with Gasteiger partial charge in [0.1, 0.15) is 0 Å². The number of carboxylic acids is 1. The molecule has 2 aliphatic rings. The van der Waals surface area contributed by atoms with Gasteiger partial charge in [-0.15, -0.1) is 0 Å². The zero-order valence-electron chi connectivity index (χ0n) is 10.9. The van der Waals surface area contributed by atoms with Crippen molar-refractivity contribution in [2.24, 2.45) is 17.8 Å². The number of hydrogen-bond acceptors (Lipinski definition) is 2. The third-order valence-electron chi connectivity index (χ3n) is 4.17. The Morgan fingerprint density at radius 3 is 2.78 bits per heavy atom. The maximum absolute atomic E-state index is 11.9. The number of likely N-dealkylation sites (tertiary alicyclic amines) is 1. The van der Waals surface area contributed by atoms with Gasteiger partial charge in [-0.25, -0.2) is 4.79 Å². The highest BCUT2D eigenvalue weighted by atomic mass is 16.4. The van der Waals surface area contributed by atoms with Crippen LogP contribution >= 0.6 is 0 Å². The number of carbonyl (C=O) groups is 2. The molecule has 0 aromatic rings. The third-order valence-corrected chi connectivity index (χ3v) is 4.17. The molecule has 1 saturated carbocycles. The van der Waals surface area contributed by atoms with Crippen LogP contribution in [0.15, 0.2) is 0 Å². The molecule has 1 saturated heterocycles. The van der Waals surface area contributed by atoms with Gasteiger partial charge in [0.15, 0.2) is 0 Å². The predicted molar refractivity (Wildman–Crippen MR) is 67.2 cm³/mol. The van der Waals surface area contributed by atoms with Gasteiger partial charge >= 0.3 is 12.0 Å². The van der Waals surface area contributed by atoms with E-state index >= 15 is 0 Å². The zero-order chi connectivity index (χ0) is 13.1. The summed E-state index contributed by atoms with van der Waals surface area (Å²) in [6, 6.07) is -0.0947. The molecule has 3 atom stereocenters. The summed E-state index contributed by atoms with van der Waals surface area (Å²) < 4.78 is 0. The first kappa shape index (κ1) is 13.2. The molecule has 1 heterocycles. The summed E-state index contributed by atoms with van der Waals surface area (Å²) in [6.45, 7) is 3.95. The molecular weight excluding hydrogens is 232 g/mol. The fraction of sp³-hybridized carbons (Fsp3) is 0.846. The van der Waals surface area contributed by atoms with E-state index in [0.29, 0.717) is 25.4 Å². The number of carbonyl (C=O) groups excluding carboxylic acids is 1. The van der Waals surface area contributed by atoms with Crippen molar-refractivity contribution in [3.05, 3.63) is 0 Å². The van der Waals surface area contributed by atoms with E-state index in [0.717, 1.165) is 18.9 Å². The number of nitrogens with one attached hydrogen (secondary N) is 1. The van der Waals surface area contributed by atoms with Crippen LogP contribution in [-0.4, -0.2) is 41.6 Å². The second-order valence-corrected chi connectivity index (χ2v) is 5.47. The average molecular weight is 254 g/mol. The summed E-state index contributed by atoms with van der Waals surface area (Å²) in [5, 5.41) is 11.9. The van der Waals surface area contributed by atoms with Crippen molar-refractivity contribution in [3.8, 4) is 0 Å². The van der Waals surface area contributed by atoms with Crippen LogP contribution in [-0.2, 0) is 4.79 Å². The first-order valence-electron chi connectivity index (χ1n) is 6.87. The first-order valence-corrected chi connectivity index (χ1v) is 6.87. The second kappa shape index (κ2) is 5.59. The molecule has 1 aliphatic carbocycles. The summed E-state index contributed by atoms with van der Waals surface area (Å²) in [7, 11) is 0. The lowest BCUT2D eigenvalue weighted by atomic mass is 9.99. The summed E-state index contributed by atoms with van der Waals surface area (Å²) >= 11 is 0. The molecule has 102 valence electrons. The minimum Gasteiger partial charge on any atom is -0.481 e. The van der Waals surface area contributed by atoms with Gasteiger partial charge in [0.25, 0.3) is 0 Å². The third kappa shape index (κ3) is 3.15. The molecule has 2 fully saturated rings. The van der Waals surface area contributed by atoms with Crippen molar-refractivity contribution in [1.29, 1.82) is 0 Å². The van der Waals surface area contributed by atoms with E-state index in [2.05, 4.69) is 12.2 Å². The van der Waals surface area contributed by atoms with Gasteiger partial charge in [0.05, 0.1) is 5.92 Å². The molecular formula is C13H22N2O3. The number of aliphatic carboxylic acids is 1. The highest BCUT2D eigenvalue weighted by Gasteiger charge is 2.36. The van der Waals surface area contributed by atoms with E-state index < -0.39 is 11.9 Å². The Morgan fingerprint density at radius 1 is 1.39 bits per heavy atom. The first-order chi connectivity index (χ1) is 8.61. The molecule has 0 bridgehead atoms. The Labute approximate surface area is 108 Å². The number of nitrogens with zero attached hydrogens (tertiary/aromatic N) is 1. The molecule has 0 aromatic heterocycles. The van der Waals surface area contributed by atoms with Gasteiger partial charge < -0.3 is 15.3 Å². The van der Waals surface area contributed by atoms with Crippen LogP contribution < -0.4 is 5.32 Å². The van der Waals surface area contributed by atoms with Crippen LogP contribution in [0.25, 0.3) is 0 Å². The minimum atomic E-state index is -0.791. The molecule has 2 N–H and O–H groups in total. The molecule has 2 amide bonds. The standard InChI is InChI=1S/C13H22N2O3/c1-2-9-6-11(9)7-14-13(18)15-5-3-4-10(8-15)12(16)17/h9-11H,2-8H2,1H3,(H,14,18)(H,16,17)/t9-,10?,11+/m1/s1. The molecule has 2 rings (SSSR count). The van der Waals surface area contributed by atoms with E-state index in [9.17, 15) is 9.59 Å². The quantitative estimate of drug-likeness (QED) is 0.799. The van der Waals surface area contributed by atoms with Crippen molar-refractivity contribution < 1.29 is 14.7 Å². The van der Waals surface area contributed by atoms with Gasteiger partial charge in [-0.1, -0.05) is 13.3 Å². The molecule has 0 aromatic carbocycles. The fourth-order valence-corrected chi connectivity index (χ4v) is 2.75. The lowest BCUT2D eigenvalue weighted by molar-refractivity contribution is -0.143. The van der Waals surface area contributed by atoms with Crippen LogP contribution in [0.1, 0.15) is 32.6 Å². The molecule has 18 heavy (non-hydrogen) atoms. The lowest BCUT2D eigenvalue weighted by Crippen LogP contribution is -2.47. The van der Waals surface area contributed by atoms with E-state index in [1.165, 1.54) is 12.8 Å². The Morgan fingerprint density at radius 2 is 2.17 bits per heavy atom. The van der Waals surface area contributed by atoms with E-state index in [4.69, 9.17) is 5.11 Å². The average Bonchev–Trinajstić information content (AvgIpc) is 3.14. The van der Waals surface area contributed by atoms with Crippen LogP contribution in [0.3, 0.4) is 0 Å². The smallest absolute Gasteiger partial charge is 0.317 e. The largest absolute Gasteiger partial charge is 0.481 e. The number of piperidine rings is 1. The number of urea groups is 1. The van der Waals surface area contributed by atoms with Crippen molar-refractivity contribution in [1.82, 2.24) is 10.2 Å². The summed E-state index contributed by atoms with van der Waals surface area (Å²) in [4.78, 5) is 24.5.